The van der Waals surface area contributed by atoms with Gasteiger partial charge in [0.15, 0.2) is 5.78 Å². The topological polar surface area (TPSA) is 101 Å². The summed E-state index contributed by atoms with van der Waals surface area (Å²) in [6, 6.07) is 0. The normalized spacial score (nSPS) is 9.29. The molecule has 0 aliphatic heterocycles. The predicted octanol–water partition coefficient (Wildman–Crippen LogP) is -0.344. The molecule has 0 atom stereocenters. The van der Waals surface area contributed by atoms with Crippen LogP contribution in [-0.4, -0.2) is 27.8 Å². The molecule has 0 unspecified atom stereocenters. The first-order valence-electron chi connectivity index (χ1n) is 3.85. The van der Waals surface area contributed by atoms with Crippen LogP contribution in [0.5, 0.6) is 0 Å². The van der Waals surface area contributed by atoms with E-state index in [9.17, 15) is 14.4 Å². The van der Waals surface area contributed by atoms with Crippen LogP contribution in [0.1, 0.15) is 19.8 Å². The molecule has 78 valence electrons. The molecule has 0 radical (unpaired) electrons. The Bertz CT molecular complexity index is 285. The van der Waals surface area contributed by atoms with Gasteiger partial charge in [-0.15, -0.1) is 0 Å². The third-order valence-corrected chi connectivity index (χ3v) is 1.52. The zero-order chi connectivity index (χ0) is 11.3. The van der Waals surface area contributed by atoms with Crippen molar-refractivity contribution in [3.63, 3.8) is 0 Å². The molecule has 14 heavy (non-hydrogen) atoms. The summed E-state index contributed by atoms with van der Waals surface area (Å²) >= 11 is 0. The van der Waals surface area contributed by atoms with Gasteiger partial charge in [0.25, 0.3) is 0 Å². The first kappa shape index (κ1) is 12.3. The van der Waals surface area contributed by atoms with Gasteiger partial charge < -0.3 is 5.11 Å². The van der Waals surface area contributed by atoms with Crippen molar-refractivity contribution in [3.8, 4) is 0 Å². The van der Waals surface area contributed by atoms with Gasteiger partial charge in [-0.3, -0.25) is 14.4 Å². The maximum Gasteiger partial charge on any atom is 0.303 e. The number of hydrogen-bond acceptors (Lipinski definition) is 4. The van der Waals surface area contributed by atoms with E-state index in [1.54, 1.807) is 0 Å². The van der Waals surface area contributed by atoms with Crippen LogP contribution in [0.3, 0.4) is 0 Å². The fourth-order valence-electron chi connectivity index (χ4n) is 0.689. The smallest absolute Gasteiger partial charge is 0.303 e. The minimum Gasteiger partial charge on any atom is -0.481 e. The van der Waals surface area contributed by atoms with Crippen molar-refractivity contribution in [1.29, 1.82) is 0 Å². The van der Waals surface area contributed by atoms with Gasteiger partial charge >= 0.3 is 5.97 Å². The van der Waals surface area contributed by atoms with Crippen molar-refractivity contribution in [1.82, 2.24) is 5.01 Å². The number of aliphatic carboxylic acids is 1. The van der Waals surface area contributed by atoms with Gasteiger partial charge in [0, 0.05) is 13.3 Å². The van der Waals surface area contributed by atoms with Crippen LogP contribution in [-0.2, 0) is 14.4 Å². The minimum atomic E-state index is -1.09. The van der Waals surface area contributed by atoms with E-state index in [4.69, 9.17) is 10.9 Å². The van der Waals surface area contributed by atoms with E-state index >= 15 is 0 Å². The van der Waals surface area contributed by atoms with Gasteiger partial charge in [0.05, 0.1) is 12.1 Å². The van der Waals surface area contributed by atoms with Crippen molar-refractivity contribution >= 4 is 17.7 Å². The number of carbonyl (C=O) groups excluding carboxylic acids is 2. The van der Waals surface area contributed by atoms with Gasteiger partial charge in [-0.05, 0) is 0 Å². The molecule has 0 spiro atoms. The molecule has 0 bridgehead atoms. The van der Waals surface area contributed by atoms with Crippen molar-refractivity contribution in [2.24, 2.45) is 5.84 Å². The summed E-state index contributed by atoms with van der Waals surface area (Å²) in [5, 5.41) is 8.90. The quantitative estimate of drug-likeness (QED) is 0.273. The van der Waals surface area contributed by atoms with E-state index < -0.39 is 17.7 Å². The van der Waals surface area contributed by atoms with Gasteiger partial charge in [0.2, 0.25) is 5.91 Å². The Kier molecular flexibility index (Phi) is 4.51. The Morgan fingerprint density at radius 3 is 2.21 bits per heavy atom. The fraction of sp³-hybridized carbons (Fsp3) is 0.375. The first-order chi connectivity index (χ1) is 6.36. The maximum atomic E-state index is 11.2. The molecule has 6 nitrogen and oxygen atoms in total. The molecule has 0 rings (SSSR count). The standard InChI is InChI=1S/C8H12N2O4/c1-5(10(9)6(2)11)7(12)3-4-8(13)14/h1,3-4,9H2,2H3,(H,13,14). The Morgan fingerprint density at radius 2 is 1.86 bits per heavy atom. The Hall–Kier alpha value is -1.69. The highest BCUT2D eigenvalue weighted by Gasteiger charge is 2.16. The van der Waals surface area contributed by atoms with Crippen LogP contribution in [0.25, 0.3) is 0 Å². The summed E-state index contributed by atoms with van der Waals surface area (Å²) in [6.45, 7) is 4.47. The number of nitrogens with two attached hydrogens (primary N) is 1. The number of rotatable bonds is 5. The molecule has 0 heterocycles. The summed E-state index contributed by atoms with van der Waals surface area (Å²) in [4.78, 5) is 32.0. The van der Waals surface area contributed by atoms with Crippen molar-refractivity contribution < 1.29 is 19.5 Å². The minimum absolute atomic E-state index is 0.196. The Balaban J connectivity index is 4.19. The van der Waals surface area contributed by atoms with Crippen molar-refractivity contribution in [2.45, 2.75) is 19.8 Å². The van der Waals surface area contributed by atoms with Crippen LogP contribution in [0.4, 0.5) is 0 Å². The average molecular weight is 200 g/mol. The lowest BCUT2D eigenvalue weighted by Crippen LogP contribution is -2.37. The first-order valence-corrected chi connectivity index (χ1v) is 3.85. The lowest BCUT2D eigenvalue weighted by atomic mass is 10.2. The highest BCUT2D eigenvalue weighted by Crippen LogP contribution is 2.03. The van der Waals surface area contributed by atoms with Crippen molar-refractivity contribution in [3.05, 3.63) is 12.3 Å². The molecule has 0 aromatic carbocycles. The predicted molar refractivity (Wildman–Crippen MR) is 47.7 cm³/mol. The van der Waals surface area contributed by atoms with Gasteiger partial charge in [-0.2, -0.15) is 0 Å². The number of Topliss-reactive ketones (excluding diaryl/α,β-unsaturated/α-hetero) is 1. The molecule has 0 fully saturated rings. The van der Waals surface area contributed by atoms with Gasteiger partial charge in [-0.25, -0.2) is 10.9 Å². The van der Waals surface area contributed by atoms with Crippen LogP contribution >= 0.6 is 0 Å². The molecule has 0 aromatic heterocycles. The molecule has 0 aromatic rings. The summed E-state index contributed by atoms with van der Waals surface area (Å²) < 4.78 is 0. The molecule has 0 saturated carbocycles. The molecule has 0 aliphatic rings. The Labute approximate surface area is 81.0 Å². The van der Waals surface area contributed by atoms with Crippen LogP contribution in [0, 0.1) is 0 Å². The second-order valence-electron chi connectivity index (χ2n) is 2.65. The third-order valence-electron chi connectivity index (χ3n) is 1.52. The second-order valence-corrected chi connectivity index (χ2v) is 2.65. The van der Waals surface area contributed by atoms with E-state index in [1.807, 2.05) is 0 Å². The summed E-state index contributed by atoms with van der Waals surface area (Å²) in [5.74, 6) is 3.02. The highest BCUT2D eigenvalue weighted by atomic mass is 16.4. The number of carboxylic acids is 1. The number of amides is 1. The summed E-state index contributed by atoms with van der Waals surface area (Å²) in [6.07, 6.45) is -0.515. The molecule has 0 aliphatic carbocycles. The van der Waals surface area contributed by atoms with Crippen LogP contribution < -0.4 is 5.84 Å². The molecule has 3 N–H and O–H groups in total. The van der Waals surface area contributed by atoms with Gasteiger partial charge in [0.1, 0.15) is 0 Å². The van der Waals surface area contributed by atoms with Crippen LogP contribution in [0.15, 0.2) is 12.3 Å². The van der Waals surface area contributed by atoms with Crippen molar-refractivity contribution in [2.75, 3.05) is 0 Å². The fourth-order valence-corrected chi connectivity index (χ4v) is 0.689. The Morgan fingerprint density at radius 1 is 1.36 bits per heavy atom. The zero-order valence-corrected chi connectivity index (χ0v) is 7.82. The lowest BCUT2D eigenvalue weighted by Gasteiger charge is -2.15. The number of hydrogen-bond donors (Lipinski definition) is 2. The molecule has 6 heteroatoms. The van der Waals surface area contributed by atoms with E-state index in [1.165, 1.54) is 6.92 Å². The third kappa shape index (κ3) is 3.81. The number of carboxylic acid groups (broad SMARTS) is 1. The van der Waals surface area contributed by atoms with Gasteiger partial charge in [-0.1, -0.05) is 6.58 Å². The summed E-state index contributed by atoms with van der Waals surface area (Å²) in [5.41, 5.74) is -0.196. The molecular formula is C8H12N2O4. The number of allylic oxidation sites excluding steroid dienone is 1. The largest absolute Gasteiger partial charge is 0.481 e. The molecule has 1 amide bonds. The SMILES string of the molecule is C=C(C(=O)CCC(=O)O)N(N)C(C)=O. The second kappa shape index (κ2) is 5.13. The number of ketones is 1. The number of carbonyl (C=O) groups is 3. The average Bonchev–Trinajstić information content (AvgIpc) is 2.11. The maximum absolute atomic E-state index is 11.2. The van der Waals surface area contributed by atoms with Crippen LogP contribution in [0.2, 0.25) is 0 Å². The van der Waals surface area contributed by atoms with E-state index in [-0.39, 0.29) is 18.5 Å². The number of hydrazine groups is 1. The van der Waals surface area contributed by atoms with E-state index in [0.29, 0.717) is 5.01 Å². The lowest BCUT2D eigenvalue weighted by molar-refractivity contribution is -0.138. The number of nitrogens with zero attached hydrogens (tertiary/aromatic N) is 1. The van der Waals surface area contributed by atoms with E-state index in [0.717, 1.165) is 0 Å². The highest BCUT2D eigenvalue weighted by molar-refractivity contribution is 5.98. The van der Waals surface area contributed by atoms with E-state index in [2.05, 4.69) is 6.58 Å². The molecular weight excluding hydrogens is 188 g/mol. The monoisotopic (exact) mass is 200 g/mol. The zero-order valence-electron chi connectivity index (χ0n) is 7.82. The summed E-state index contributed by atoms with van der Waals surface area (Å²) in [7, 11) is 0. The molecule has 0 saturated heterocycles.